The zero-order valence-corrected chi connectivity index (χ0v) is 25.5. The van der Waals surface area contributed by atoms with Gasteiger partial charge in [-0.2, -0.15) is 0 Å². The summed E-state index contributed by atoms with van der Waals surface area (Å²) in [6.45, 7) is 0.384. The Balaban J connectivity index is 0.000000502. The molecule has 1 aliphatic carbocycles. The first kappa shape index (κ1) is 34.7. The third kappa shape index (κ3) is 12.4. The summed E-state index contributed by atoms with van der Waals surface area (Å²) in [5, 5.41) is 20.0. The minimum absolute atomic E-state index is 0.0369. The lowest BCUT2D eigenvalue weighted by Crippen LogP contribution is -2.50. The van der Waals surface area contributed by atoms with Gasteiger partial charge in [0.25, 0.3) is 0 Å². The van der Waals surface area contributed by atoms with Crippen molar-refractivity contribution < 1.29 is 38.9 Å². The molecule has 1 unspecified atom stereocenters. The van der Waals surface area contributed by atoms with Crippen LogP contribution in [0.25, 0.3) is 11.1 Å². The summed E-state index contributed by atoms with van der Waals surface area (Å²) in [6, 6.07) is 25.2. The number of nitrogens with zero attached hydrogens (tertiary/aromatic N) is 1. The highest BCUT2D eigenvalue weighted by molar-refractivity contribution is 7.51. The number of hydrogen-bond acceptors (Lipinski definition) is 5. The van der Waals surface area contributed by atoms with E-state index >= 15 is 0 Å². The van der Waals surface area contributed by atoms with Crippen molar-refractivity contribution in [2.75, 3.05) is 19.4 Å². The molecule has 1 atom stereocenters. The monoisotopic (exact) mass is 624 g/mol. The van der Waals surface area contributed by atoms with Crippen LogP contribution >= 0.6 is 7.60 Å². The second kappa shape index (κ2) is 17.5. The molecule has 236 valence electrons. The van der Waals surface area contributed by atoms with Gasteiger partial charge in [-0.05, 0) is 54.0 Å². The molecule has 0 aromatic heterocycles. The molecule has 1 amide bonds. The van der Waals surface area contributed by atoms with Crippen LogP contribution in [-0.4, -0.2) is 68.2 Å². The summed E-state index contributed by atoms with van der Waals surface area (Å²) in [5.41, 5.74) is 3.30. The number of amides is 1. The van der Waals surface area contributed by atoms with Gasteiger partial charge in [-0.3, -0.25) is 19.1 Å². The van der Waals surface area contributed by atoms with E-state index in [1.165, 1.54) is 0 Å². The quantitative estimate of drug-likeness (QED) is 0.160. The fourth-order valence-electron chi connectivity index (χ4n) is 5.29. The Labute approximate surface area is 257 Å². The zero-order valence-electron chi connectivity index (χ0n) is 24.6. The molecule has 11 heteroatoms. The van der Waals surface area contributed by atoms with Gasteiger partial charge < -0.3 is 25.3 Å². The van der Waals surface area contributed by atoms with E-state index in [-0.39, 0.29) is 25.3 Å². The van der Waals surface area contributed by atoms with Crippen molar-refractivity contribution in [3.63, 3.8) is 0 Å². The number of carboxylic acids is 2. The minimum atomic E-state index is -4.43. The first-order valence-electron chi connectivity index (χ1n) is 14.7. The van der Waals surface area contributed by atoms with E-state index in [1.807, 2.05) is 54.6 Å². The number of aromatic carboxylic acids is 1. The summed E-state index contributed by atoms with van der Waals surface area (Å²) < 4.78 is 12.0. The van der Waals surface area contributed by atoms with E-state index in [0.29, 0.717) is 12.1 Å². The Bertz CT molecular complexity index is 1370. The largest absolute Gasteiger partial charge is 0.481 e. The standard InChI is InChI=1S/C26H35N2O6P.C7H6O2/c29-25(30)15-16-27-26(31)24(28(19-35(32,33)34)18-21-7-3-1-4-8-21)17-20-11-13-23(14-12-20)22-9-5-2-6-10-22;8-7(9)6-4-2-1-3-5-6/h2,5-6,9-14,21,24H,1,3-4,7-8,15-19H2,(H,27,31)(H,29,30)(H2,32,33,34);1-5H,(H,8,9). The Hall–Kier alpha value is -3.82. The molecule has 4 rings (SSSR count). The molecule has 0 heterocycles. The predicted molar refractivity (Wildman–Crippen MR) is 168 cm³/mol. The molecule has 0 spiro atoms. The van der Waals surface area contributed by atoms with Crippen LogP contribution in [0.15, 0.2) is 84.9 Å². The highest BCUT2D eigenvalue weighted by Gasteiger charge is 2.33. The van der Waals surface area contributed by atoms with E-state index in [2.05, 4.69) is 5.32 Å². The van der Waals surface area contributed by atoms with Crippen molar-refractivity contribution in [2.45, 2.75) is 51.0 Å². The average Bonchev–Trinajstić information content (AvgIpc) is 3.00. The van der Waals surface area contributed by atoms with Gasteiger partial charge in [-0.25, -0.2) is 4.79 Å². The van der Waals surface area contributed by atoms with E-state index in [0.717, 1.165) is 48.8 Å². The number of rotatable bonds is 13. The van der Waals surface area contributed by atoms with Crippen LogP contribution < -0.4 is 5.32 Å². The number of benzene rings is 3. The Morgan fingerprint density at radius 1 is 0.818 bits per heavy atom. The van der Waals surface area contributed by atoms with Crippen molar-refractivity contribution in [2.24, 2.45) is 5.92 Å². The maximum Gasteiger partial charge on any atom is 0.339 e. The van der Waals surface area contributed by atoms with Crippen molar-refractivity contribution in [3.8, 4) is 11.1 Å². The lowest BCUT2D eigenvalue weighted by molar-refractivity contribution is -0.137. The number of aliphatic carboxylic acids is 1. The number of hydrogen-bond donors (Lipinski definition) is 5. The third-order valence-corrected chi connectivity index (χ3v) is 8.21. The summed E-state index contributed by atoms with van der Waals surface area (Å²) in [5.74, 6) is -2.05. The summed E-state index contributed by atoms with van der Waals surface area (Å²) in [7, 11) is -4.43. The second-order valence-electron chi connectivity index (χ2n) is 11.0. The second-order valence-corrected chi connectivity index (χ2v) is 12.6. The first-order chi connectivity index (χ1) is 21.0. The summed E-state index contributed by atoms with van der Waals surface area (Å²) in [4.78, 5) is 55.5. The SMILES string of the molecule is O=C(O)CCNC(=O)C(Cc1ccc(-c2ccccc2)cc1)N(CC1CCCCC1)CP(=O)(O)O.O=C(O)c1ccccc1. The van der Waals surface area contributed by atoms with Crippen molar-refractivity contribution >= 4 is 25.4 Å². The molecule has 44 heavy (non-hydrogen) atoms. The Morgan fingerprint density at radius 3 is 1.91 bits per heavy atom. The van der Waals surface area contributed by atoms with Crippen LogP contribution in [0.1, 0.15) is 54.4 Å². The molecule has 0 radical (unpaired) electrons. The van der Waals surface area contributed by atoms with Crippen LogP contribution in [0.5, 0.6) is 0 Å². The molecular formula is C33H41N2O8P. The number of nitrogens with one attached hydrogen (secondary N) is 1. The van der Waals surface area contributed by atoms with Crippen molar-refractivity contribution in [1.82, 2.24) is 10.2 Å². The van der Waals surface area contributed by atoms with Crippen LogP contribution in [0.3, 0.4) is 0 Å². The molecule has 1 fully saturated rings. The van der Waals surface area contributed by atoms with Gasteiger partial charge in [0, 0.05) is 13.1 Å². The topological polar surface area (TPSA) is 164 Å². The minimum Gasteiger partial charge on any atom is -0.481 e. The molecule has 3 aromatic rings. The Morgan fingerprint density at radius 2 is 1.39 bits per heavy atom. The van der Waals surface area contributed by atoms with E-state index in [4.69, 9.17) is 10.2 Å². The maximum atomic E-state index is 13.2. The Kier molecular flexibility index (Phi) is 13.8. The van der Waals surface area contributed by atoms with Gasteiger partial charge >= 0.3 is 19.5 Å². The highest BCUT2D eigenvalue weighted by Crippen LogP contribution is 2.37. The van der Waals surface area contributed by atoms with Gasteiger partial charge in [0.15, 0.2) is 0 Å². The molecule has 0 saturated heterocycles. The lowest BCUT2D eigenvalue weighted by Gasteiger charge is -2.35. The highest BCUT2D eigenvalue weighted by atomic mass is 31.2. The molecule has 1 aliphatic rings. The van der Waals surface area contributed by atoms with Crippen LogP contribution in [0.2, 0.25) is 0 Å². The normalized spacial score (nSPS) is 14.2. The smallest absolute Gasteiger partial charge is 0.339 e. The number of carbonyl (C=O) groups is 3. The van der Waals surface area contributed by atoms with Crippen molar-refractivity contribution in [3.05, 3.63) is 96.1 Å². The molecule has 0 bridgehead atoms. The fourth-order valence-corrected chi connectivity index (χ4v) is 6.07. The third-order valence-electron chi connectivity index (χ3n) is 7.48. The zero-order chi connectivity index (χ0) is 32.0. The van der Waals surface area contributed by atoms with Gasteiger partial charge in [-0.15, -0.1) is 0 Å². The van der Waals surface area contributed by atoms with Gasteiger partial charge in [0.05, 0.1) is 18.0 Å². The average molecular weight is 625 g/mol. The van der Waals surface area contributed by atoms with E-state index in [9.17, 15) is 28.7 Å². The first-order valence-corrected chi connectivity index (χ1v) is 16.5. The number of carbonyl (C=O) groups excluding carboxylic acids is 1. The van der Waals surface area contributed by atoms with E-state index < -0.39 is 37.8 Å². The number of carboxylic acid groups (broad SMARTS) is 2. The van der Waals surface area contributed by atoms with Crippen LogP contribution in [-0.2, 0) is 20.6 Å². The van der Waals surface area contributed by atoms with Crippen molar-refractivity contribution in [1.29, 1.82) is 0 Å². The molecule has 0 aliphatic heterocycles. The van der Waals surface area contributed by atoms with Crippen LogP contribution in [0, 0.1) is 5.92 Å². The predicted octanol–water partition coefficient (Wildman–Crippen LogP) is 5.26. The summed E-state index contributed by atoms with van der Waals surface area (Å²) in [6.07, 6.45) is 4.78. The van der Waals surface area contributed by atoms with Gasteiger partial charge in [-0.1, -0.05) is 92.1 Å². The molecular weight excluding hydrogens is 583 g/mol. The molecule has 10 nitrogen and oxygen atoms in total. The van der Waals surface area contributed by atoms with Crippen LogP contribution in [0.4, 0.5) is 0 Å². The summed E-state index contributed by atoms with van der Waals surface area (Å²) >= 11 is 0. The van der Waals surface area contributed by atoms with Gasteiger partial charge in [0.2, 0.25) is 5.91 Å². The fraction of sp³-hybridized carbons (Fsp3) is 0.364. The molecule has 3 aromatic carbocycles. The molecule has 5 N–H and O–H groups in total. The van der Waals surface area contributed by atoms with E-state index in [1.54, 1.807) is 35.2 Å². The lowest BCUT2D eigenvalue weighted by atomic mass is 9.88. The van der Waals surface area contributed by atoms with Gasteiger partial charge in [0.1, 0.15) is 6.29 Å². The molecule has 1 saturated carbocycles. The maximum absolute atomic E-state index is 13.2.